The first-order valence-corrected chi connectivity index (χ1v) is 5.85. The molecule has 0 aromatic carbocycles. The molecule has 0 rings (SSSR count). The lowest BCUT2D eigenvalue weighted by atomic mass is 10.0. The summed E-state index contributed by atoms with van der Waals surface area (Å²) in [7, 11) is -4.67. The van der Waals surface area contributed by atoms with Crippen molar-refractivity contribution < 1.29 is 17.5 Å². The molecule has 0 aliphatic rings. The average Bonchev–Trinajstić information content (AvgIpc) is 1.84. The van der Waals surface area contributed by atoms with E-state index in [1.807, 2.05) is 6.92 Å². The van der Waals surface area contributed by atoms with E-state index in [0.717, 1.165) is 18.4 Å². The molecule has 0 radical (unpaired) electrons. The minimum Gasteiger partial charge on any atom is -0.331 e. The van der Waals surface area contributed by atoms with E-state index in [9.17, 15) is 0 Å². The van der Waals surface area contributed by atoms with Gasteiger partial charge in [0.2, 0.25) is 0 Å². The Morgan fingerprint density at radius 1 is 1.07 bits per heavy atom. The normalized spacial score (nSPS) is 10.1. The third-order valence-electron chi connectivity index (χ3n) is 1.33. The van der Waals surface area contributed by atoms with Gasteiger partial charge in [0.05, 0.1) is 0 Å². The van der Waals surface area contributed by atoms with E-state index in [1.165, 1.54) is 0 Å². The molecule has 0 atom stereocenters. The van der Waals surface area contributed by atoms with Crippen LogP contribution in [0.4, 0.5) is 0 Å². The van der Waals surface area contributed by atoms with Crippen molar-refractivity contribution in [2.75, 3.05) is 6.54 Å². The smallest absolute Gasteiger partial charge is 0.331 e. The maximum atomic E-state index is 8.74. The van der Waals surface area contributed by atoms with Crippen LogP contribution in [0.5, 0.6) is 0 Å². The van der Waals surface area contributed by atoms with Crippen molar-refractivity contribution in [3.63, 3.8) is 0 Å². The van der Waals surface area contributed by atoms with Crippen LogP contribution in [0.3, 0.4) is 0 Å². The summed E-state index contributed by atoms with van der Waals surface area (Å²) >= 11 is 0. The Kier molecular flexibility index (Phi) is 15.1. The minimum absolute atomic E-state index is 0.750. The van der Waals surface area contributed by atoms with Crippen molar-refractivity contribution in [1.29, 1.82) is 0 Å². The van der Waals surface area contributed by atoms with Crippen molar-refractivity contribution >= 4 is 10.4 Å². The van der Waals surface area contributed by atoms with Crippen LogP contribution in [0.15, 0.2) is 0 Å². The van der Waals surface area contributed by atoms with Gasteiger partial charge in [-0.3, -0.25) is 9.11 Å². The van der Waals surface area contributed by atoms with Crippen LogP contribution in [-0.2, 0) is 10.4 Å². The van der Waals surface area contributed by atoms with Crippen molar-refractivity contribution in [1.82, 2.24) is 0 Å². The summed E-state index contributed by atoms with van der Waals surface area (Å²) in [4.78, 5) is 0. The van der Waals surface area contributed by atoms with Crippen LogP contribution >= 0.6 is 0 Å². The molecule has 0 saturated carbocycles. The number of hydrogen-bond donors (Lipinski definition) is 3. The molecule has 6 heteroatoms. The van der Waals surface area contributed by atoms with Gasteiger partial charge in [-0.25, -0.2) is 0 Å². The first kappa shape index (κ1) is 19.4. The van der Waals surface area contributed by atoms with Gasteiger partial charge < -0.3 is 5.73 Å². The topological polar surface area (TPSA) is 101 Å². The number of nitrogens with two attached hydrogens (primary N) is 1. The molecule has 0 heterocycles. The second-order valence-corrected chi connectivity index (χ2v) is 4.24. The van der Waals surface area contributed by atoms with Gasteiger partial charge in [-0.15, -0.1) is 0 Å². The van der Waals surface area contributed by atoms with Crippen LogP contribution in [0.2, 0.25) is 0 Å². The molecule has 0 aromatic rings. The van der Waals surface area contributed by atoms with Crippen molar-refractivity contribution in [3.05, 3.63) is 0 Å². The lowest BCUT2D eigenvalue weighted by molar-refractivity contribution is 0.381. The Labute approximate surface area is 87.3 Å². The highest BCUT2D eigenvalue weighted by Gasteiger charge is 1.95. The summed E-state index contributed by atoms with van der Waals surface area (Å²) in [6, 6.07) is 0. The average molecular weight is 229 g/mol. The van der Waals surface area contributed by atoms with Crippen LogP contribution in [0.25, 0.3) is 0 Å². The Morgan fingerprint density at radius 3 is 1.14 bits per heavy atom. The van der Waals surface area contributed by atoms with Crippen LogP contribution in [0.1, 0.15) is 34.6 Å². The maximum absolute atomic E-state index is 8.74. The second kappa shape index (κ2) is 10.9. The summed E-state index contributed by atoms with van der Waals surface area (Å²) in [5.74, 6) is 1.70. The van der Waals surface area contributed by atoms with Gasteiger partial charge in [0.15, 0.2) is 0 Å². The molecular weight excluding hydrogens is 206 g/mol. The molecule has 5 nitrogen and oxygen atoms in total. The van der Waals surface area contributed by atoms with Gasteiger partial charge in [0.1, 0.15) is 0 Å². The van der Waals surface area contributed by atoms with Gasteiger partial charge in [-0.05, 0) is 18.4 Å². The molecule has 0 spiro atoms. The van der Waals surface area contributed by atoms with Crippen molar-refractivity contribution in [3.8, 4) is 0 Å². The molecule has 0 unspecified atom stereocenters. The standard InChI is InChI=1S/C6H14.C2H7N.H2O4S/c1-5(2)6(3)4;1-2-3;1-5(2,3)4/h5-6H,1-4H3;2-3H2,1H3;(H2,1,2,3,4). The van der Waals surface area contributed by atoms with Gasteiger partial charge in [0.25, 0.3) is 0 Å². The fourth-order valence-corrected chi connectivity index (χ4v) is 0. The summed E-state index contributed by atoms with van der Waals surface area (Å²) < 4.78 is 31.6. The van der Waals surface area contributed by atoms with Gasteiger partial charge in [-0.2, -0.15) is 8.42 Å². The first-order valence-electron chi connectivity index (χ1n) is 4.46. The molecule has 0 bridgehead atoms. The monoisotopic (exact) mass is 229 g/mol. The van der Waals surface area contributed by atoms with E-state index in [2.05, 4.69) is 27.7 Å². The van der Waals surface area contributed by atoms with Crippen LogP contribution < -0.4 is 5.73 Å². The summed E-state index contributed by atoms with van der Waals surface area (Å²) in [5.41, 5.74) is 4.85. The van der Waals surface area contributed by atoms with E-state index in [0.29, 0.717) is 0 Å². The van der Waals surface area contributed by atoms with E-state index in [-0.39, 0.29) is 0 Å². The third-order valence-corrected chi connectivity index (χ3v) is 1.33. The van der Waals surface area contributed by atoms with E-state index in [4.69, 9.17) is 23.3 Å². The fourth-order valence-electron chi connectivity index (χ4n) is 0. The number of rotatable bonds is 1. The largest absolute Gasteiger partial charge is 0.394 e. The molecule has 0 aliphatic carbocycles. The quantitative estimate of drug-likeness (QED) is 0.593. The lowest BCUT2D eigenvalue weighted by Crippen LogP contribution is -1.95. The predicted octanol–water partition coefficient (Wildman–Crippen LogP) is 1.61. The summed E-state index contributed by atoms with van der Waals surface area (Å²) in [6.07, 6.45) is 0. The minimum atomic E-state index is -4.67. The Hall–Kier alpha value is -0.170. The lowest BCUT2D eigenvalue weighted by Gasteiger charge is -2.05. The van der Waals surface area contributed by atoms with Gasteiger partial charge >= 0.3 is 10.4 Å². The van der Waals surface area contributed by atoms with E-state index < -0.39 is 10.4 Å². The molecular formula is C8H23NO4S. The van der Waals surface area contributed by atoms with E-state index >= 15 is 0 Å². The highest BCUT2D eigenvalue weighted by molar-refractivity contribution is 7.79. The van der Waals surface area contributed by atoms with Gasteiger partial charge in [-0.1, -0.05) is 34.6 Å². The molecule has 90 valence electrons. The SMILES string of the molecule is CC(C)C(C)C.CCN.O=S(=O)(O)O. The Bertz CT molecular complexity index is 174. The highest BCUT2D eigenvalue weighted by Crippen LogP contribution is 2.05. The summed E-state index contributed by atoms with van der Waals surface area (Å²) in [5, 5.41) is 0. The zero-order valence-corrected chi connectivity index (χ0v) is 10.4. The molecule has 0 aromatic heterocycles. The molecule has 4 N–H and O–H groups in total. The van der Waals surface area contributed by atoms with Crippen molar-refractivity contribution in [2.24, 2.45) is 17.6 Å². The zero-order chi connectivity index (χ0) is 12.4. The predicted molar refractivity (Wildman–Crippen MR) is 58.6 cm³/mol. The molecule has 0 fully saturated rings. The molecule has 0 amide bonds. The van der Waals surface area contributed by atoms with E-state index in [1.54, 1.807) is 0 Å². The second-order valence-electron chi connectivity index (χ2n) is 3.34. The van der Waals surface area contributed by atoms with Crippen LogP contribution in [-0.4, -0.2) is 24.1 Å². The Morgan fingerprint density at radius 2 is 1.14 bits per heavy atom. The maximum Gasteiger partial charge on any atom is 0.394 e. The van der Waals surface area contributed by atoms with Crippen molar-refractivity contribution in [2.45, 2.75) is 34.6 Å². The van der Waals surface area contributed by atoms with Crippen LogP contribution in [0, 0.1) is 11.8 Å². The Balaban J connectivity index is -0.000000138. The van der Waals surface area contributed by atoms with Gasteiger partial charge in [0, 0.05) is 0 Å². The number of hydrogen-bond acceptors (Lipinski definition) is 3. The molecule has 0 saturated heterocycles. The molecule has 14 heavy (non-hydrogen) atoms. The third kappa shape index (κ3) is 94.6. The fraction of sp³-hybridized carbons (Fsp3) is 1.00. The first-order chi connectivity index (χ1) is 6.06. The zero-order valence-electron chi connectivity index (χ0n) is 9.56. The highest BCUT2D eigenvalue weighted by atomic mass is 32.3. The summed E-state index contributed by atoms with van der Waals surface area (Å²) in [6.45, 7) is 11.6. The molecule has 0 aliphatic heterocycles.